The number of ether oxygens (including phenoxy) is 1. The molecule has 10 heteroatoms. The van der Waals surface area contributed by atoms with Crippen molar-refractivity contribution in [2.45, 2.75) is 43.4 Å². The molecular formula is C28H30ClN5O3S. The van der Waals surface area contributed by atoms with Crippen molar-refractivity contribution in [1.29, 1.82) is 5.26 Å². The van der Waals surface area contributed by atoms with Crippen LogP contribution in [0, 0.1) is 11.3 Å². The molecule has 5 rings (SSSR count). The van der Waals surface area contributed by atoms with E-state index in [0.717, 1.165) is 41.4 Å². The van der Waals surface area contributed by atoms with Gasteiger partial charge in [-0.3, -0.25) is 9.59 Å². The molecule has 0 unspecified atom stereocenters. The van der Waals surface area contributed by atoms with E-state index in [4.69, 9.17) is 10.00 Å². The molecule has 8 nitrogen and oxygen atoms in total. The first-order valence-corrected chi connectivity index (χ1v) is 13.5. The number of imidazole rings is 1. The third-order valence-corrected chi connectivity index (χ3v) is 8.09. The maximum absolute atomic E-state index is 14.0. The largest absolute Gasteiger partial charge is 0.497 e. The van der Waals surface area contributed by atoms with Crippen LogP contribution in [0.1, 0.15) is 53.8 Å². The van der Waals surface area contributed by atoms with Crippen LogP contribution in [0.4, 0.5) is 5.69 Å². The van der Waals surface area contributed by atoms with Crippen LogP contribution in [-0.2, 0) is 4.79 Å². The summed E-state index contributed by atoms with van der Waals surface area (Å²) in [6, 6.07) is 16.9. The molecule has 2 aliphatic rings. The molecule has 0 aliphatic carbocycles. The predicted molar refractivity (Wildman–Crippen MR) is 149 cm³/mol. The van der Waals surface area contributed by atoms with Crippen molar-refractivity contribution in [3.8, 4) is 11.8 Å². The number of halogens is 1. The van der Waals surface area contributed by atoms with Gasteiger partial charge >= 0.3 is 0 Å². The number of hydrogen-bond acceptors (Lipinski definition) is 6. The van der Waals surface area contributed by atoms with E-state index in [1.807, 2.05) is 41.0 Å². The molecule has 2 atom stereocenters. The van der Waals surface area contributed by atoms with E-state index in [1.54, 1.807) is 47.0 Å². The van der Waals surface area contributed by atoms with Gasteiger partial charge in [0, 0.05) is 24.1 Å². The topological polar surface area (TPSA) is 91.5 Å². The Morgan fingerprint density at radius 1 is 1.24 bits per heavy atom. The second kappa shape index (κ2) is 11.9. The summed E-state index contributed by atoms with van der Waals surface area (Å²) in [6.07, 6.45) is 4.41. The molecule has 3 heterocycles. The number of aromatic nitrogens is 2. The maximum Gasteiger partial charge on any atom is 0.272 e. The first-order valence-electron chi connectivity index (χ1n) is 12.5. The van der Waals surface area contributed by atoms with Gasteiger partial charge in [-0.05, 0) is 36.2 Å². The van der Waals surface area contributed by atoms with E-state index < -0.39 is 0 Å². The van der Waals surface area contributed by atoms with Crippen LogP contribution in [-0.4, -0.2) is 58.3 Å². The first kappa shape index (κ1) is 27.6. The summed E-state index contributed by atoms with van der Waals surface area (Å²) in [5.74, 6) is 1.17. The van der Waals surface area contributed by atoms with Gasteiger partial charge in [0.25, 0.3) is 5.91 Å². The summed E-state index contributed by atoms with van der Waals surface area (Å²) in [4.78, 5) is 35.3. The number of nitriles is 1. The molecule has 2 amide bonds. The van der Waals surface area contributed by atoms with Crippen molar-refractivity contribution in [2.75, 3.05) is 30.9 Å². The molecule has 1 aromatic heterocycles. The van der Waals surface area contributed by atoms with E-state index in [9.17, 15) is 9.59 Å². The number of unbranched alkanes of at least 4 members (excludes halogenated alkanes) is 1. The van der Waals surface area contributed by atoms with Gasteiger partial charge in [-0.2, -0.15) is 5.26 Å². The molecule has 0 radical (unpaired) electrons. The van der Waals surface area contributed by atoms with E-state index >= 15 is 0 Å². The molecule has 2 aromatic carbocycles. The number of carbonyl (C=O) groups excluding carboxylic acids is 2. The Morgan fingerprint density at radius 3 is 2.74 bits per heavy atom. The quantitative estimate of drug-likeness (QED) is 0.413. The van der Waals surface area contributed by atoms with E-state index in [-0.39, 0.29) is 42.8 Å². The number of benzene rings is 2. The monoisotopic (exact) mass is 551 g/mol. The highest BCUT2D eigenvalue weighted by Gasteiger charge is 2.39. The normalized spacial score (nSPS) is 18.5. The zero-order chi connectivity index (χ0) is 25.9. The lowest BCUT2D eigenvalue weighted by molar-refractivity contribution is -0.121. The zero-order valence-corrected chi connectivity index (χ0v) is 23.0. The minimum atomic E-state index is -0.167. The number of piperazine rings is 1. The fraction of sp³-hybridized carbons (Fsp3) is 0.357. The lowest BCUT2D eigenvalue weighted by Crippen LogP contribution is -2.58. The summed E-state index contributed by atoms with van der Waals surface area (Å²) in [6.45, 7) is 2.58. The van der Waals surface area contributed by atoms with Crippen LogP contribution in [0.15, 0.2) is 59.9 Å². The van der Waals surface area contributed by atoms with Gasteiger partial charge in [-0.15, -0.1) is 12.4 Å². The summed E-state index contributed by atoms with van der Waals surface area (Å²) in [5, 5.41) is 9.94. The van der Waals surface area contributed by atoms with Crippen molar-refractivity contribution in [3.63, 3.8) is 0 Å². The second-order valence-corrected chi connectivity index (χ2v) is 10.3. The van der Waals surface area contributed by atoms with Crippen LogP contribution in [0.25, 0.3) is 0 Å². The zero-order valence-electron chi connectivity index (χ0n) is 21.4. The highest BCUT2D eigenvalue weighted by Crippen LogP contribution is 2.38. The van der Waals surface area contributed by atoms with Gasteiger partial charge < -0.3 is 19.1 Å². The third kappa shape index (κ3) is 5.24. The molecule has 1 saturated heterocycles. The molecule has 1 fully saturated rings. The van der Waals surface area contributed by atoms with E-state index in [2.05, 4.69) is 18.0 Å². The smallest absolute Gasteiger partial charge is 0.272 e. The van der Waals surface area contributed by atoms with Gasteiger partial charge in [-0.1, -0.05) is 49.7 Å². The molecule has 0 N–H and O–H groups in total. The summed E-state index contributed by atoms with van der Waals surface area (Å²) >= 11 is 1.61. The molecule has 3 aromatic rings. The number of nitrogens with zero attached hydrogens (tertiary/aromatic N) is 5. The minimum Gasteiger partial charge on any atom is -0.497 e. The van der Waals surface area contributed by atoms with Crippen LogP contribution in [0.3, 0.4) is 0 Å². The molecule has 198 valence electrons. The lowest BCUT2D eigenvalue weighted by atomic mass is 10.0. The number of anilines is 1. The van der Waals surface area contributed by atoms with E-state index in [1.165, 1.54) is 0 Å². The maximum atomic E-state index is 14.0. The fourth-order valence-electron chi connectivity index (χ4n) is 5.03. The average molecular weight is 552 g/mol. The molecule has 2 aliphatic heterocycles. The number of hydrogen-bond donors (Lipinski definition) is 0. The predicted octanol–water partition coefficient (Wildman–Crippen LogP) is 4.93. The van der Waals surface area contributed by atoms with Crippen LogP contribution >= 0.6 is 24.2 Å². The van der Waals surface area contributed by atoms with Crippen molar-refractivity contribution in [3.05, 3.63) is 71.5 Å². The van der Waals surface area contributed by atoms with Crippen molar-refractivity contribution in [1.82, 2.24) is 14.5 Å². The summed E-state index contributed by atoms with van der Waals surface area (Å²) in [7, 11) is 1.61. The number of thioether (sulfide) groups is 1. The Bertz CT molecular complexity index is 1350. The van der Waals surface area contributed by atoms with Crippen LogP contribution in [0.5, 0.6) is 5.75 Å². The van der Waals surface area contributed by atoms with Crippen molar-refractivity contribution in [2.24, 2.45) is 0 Å². The van der Waals surface area contributed by atoms with Crippen LogP contribution in [0.2, 0.25) is 0 Å². The van der Waals surface area contributed by atoms with E-state index in [0.29, 0.717) is 23.6 Å². The Balaban J connectivity index is 0.00000336. The Labute approximate surface area is 233 Å². The number of rotatable bonds is 7. The van der Waals surface area contributed by atoms with Gasteiger partial charge in [0.2, 0.25) is 5.91 Å². The molecule has 38 heavy (non-hydrogen) atoms. The first-order chi connectivity index (χ1) is 18.0. The fourth-order valence-corrected chi connectivity index (χ4v) is 6.17. The van der Waals surface area contributed by atoms with Gasteiger partial charge in [0.15, 0.2) is 5.16 Å². The highest BCUT2D eigenvalue weighted by molar-refractivity contribution is 7.99. The Kier molecular flexibility index (Phi) is 8.65. The van der Waals surface area contributed by atoms with Crippen LogP contribution < -0.4 is 9.64 Å². The highest BCUT2D eigenvalue weighted by atomic mass is 35.5. The number of amides is 2. The Morgan fingerprint density at radius 2 is 2.03 bits per heavy atom. The van der Waals surface area contributed by atoms with Gasteiger partial charge in [0.1, 0.15) is 18.0 Å². The number of fused-ring (bicyclic) bond motifs is 1. The minimum absolute atomic E-state index is 0. The second-order valence-electron chi connectivity index (χ2n) is 9.29. The summed E-state index contributed by atoms with van der Waals surface area (Å²) in [5.41, 5.74) is 2.90. The SMILES string of the molecule is CCCC[C@H]1CN(c2cccc(OC)c2)C(=O)CN1C(=O)c1cnc2n1[C@H](c1ccc(C#N)cc1)CS2.Cl. The summed E-state index contributed by atoms with van der Waals surface area (Å²) < 4.78 is 7.34. The van der Waals surface area contributed by atoms with Crippen molar-refractivity contribution < 1.29 is 14.3 Å². The Hall–Kier alpha value is -3.48. The lowest BCUT2D eigenvalue weighted by Gasteiger charge is -2.41. The molecule has 0 saturated carbocycles. The molecule has 0 bridgehead atoms. The number of carbonyl (C=O) groups is 2. The van der Waals surface area contributed by atoms with Gasteiger partial charge in [-0.25, -0.2) is 4.98 Å². The van der Waals surface area contributed by atoms with Gasteiger partial charge in [0.05, 0.1) is 37.0 Å². The third-order valence-electron chi connectivity index (χ3n) is 7.05. The average Bonchev–Trinajstić information content (AvgIpc) is 3.54. The number of methoxy groups -OCH3 is 1. The standard InChI is InChI=1S/C28H29N5O3S.ClH/c1-3-4-6-22-16-31(21-7-5-8-23(13-21)36-2)26(34)17-32(22)27(35)24-15-30-28-33(24)25(18-37-28)20-11-9-19(14-29)10-12-20;/h5,7-13,15,22,25H,3-4,6,16-18H2,1-2H3;1H/t22-,25-;/m0./s1. The van der Waals surface area contributed by atoms with Crippen molar-refractivity contribution >= 4 is 41.7 Å². The molecular weight excluding hydrogens is 522 g/mol. The molecule has 0 spiro atoms.